The van der Waals surface area contributed by atoms with Gasteiger partial charge in [0.25, 0.3) is 10.0 Å². The van der Waals surface area contributed by atoms with Crippen LogP contribution < -0.4 is 4.90 Å². The molecule has 0 saturated heterocycles. The first-order chi connectivity index (χ1) is 12.6. The Morgan fingerprint density at radius 3 is 1.88 bits per heavy atom. The molecule has 0 fully saturated rings. The van der Waals surface area contributed by atoms with Crippen molar-refractivity contribution in [3.05, 3.63) is 102 Å². The van der Waals surface area contributed by atoms with Crippen molar-refractivity contribution in [1.29, 1.82) is 0 Å². The summed E-state index contributed by atoms with van der Waals surface area (Å²) >= 11 is 0. The lowest BCUT2D eigenvalue weighted by Gasteiger charge is -2.21. The van der Waals surface area contributed by atoms with E-state index in [0.29, 0.717) is 11.4 Å². The van der Waals surface area contributed by atoms with Crippen molar-refractivity contribution in [1.82, 2.24) is 0 Å². The molecule has 0 atom stereocenters. The van der Waals surface area contributed by atoms with Crippen molar-refractivity contribution < 1.29 is 8.42 Å². The lowest BCUT2D eigenvalue weighted by atomic mass is 10.2. The molecule has 0 aliphatic heterocycles. The number of hydrogen-bond acceptors (Lipinski definition) is 2. The number of para-hydroxylation sites is 1. The van der Waals surface area contributed by atoms with E-state index in [-0.39, 0.29) is 5.75 Å². The van der Waals surface area contributed by atoms with Gasteiger partial charge in [0.15, 0.2) is 5.84 Å². The Bertz CT molecular complexity index is 970. The van der Waals surface area contributed by atoms with Gasteiger partial charge >= 0.3 is 0 Å². The molecule has 0 N–H and O–H groups in total. The van der Waals surface area contributed by atoms with Gasteiger partial charge in [-0.2, -0.15) is 0 Å². The quantitative estimate of drug-likeness (QED) is 0.506. The zero-order valence-corrected chi connectivity index (χ0v) is 15.3. The van der Waals surface area contributed by atoms with Gasteiger partial charge in [-0.05, 0) is 17.7 Å². The van der Waals surface area contributed by atoms with Gasteiger partial charge in [0.2, 0.25) is 0 Å². The minimum absolute atomic E-state index is 0.132. The van der Waals surface area contributed by atoms with Gasteiger partial charge in [-0.25, -0.2) is 8.42 Å². The molecular weight excluding hydrogens is 344 g/mol. The zero-order valence-electron chi connectivity index (χ0n) is 14.5. The van der Waals surface area contributed by atoms with Crippen LogP contribution in [0, 0.1) is 0 Å². The summed E-state index contributed by atoms with van der Waals surface area (Å²) in [5.41, 5.74) is 2.33. The first kappa shape index (κ1) is 17.9. The van der Waals surface area contributed by atoms with E-state index >= 15 is 0 Å². The van der Waals surface area contributed by atoms with Crippen molar-refractivity contribution in [3.8, 4) is 0 Å². The molecule has 3 aromatic rings. The third kappa shape index (κ3) is 4.58. The van der Waals surface area contributed by atoms with Crippen LogP contribution in [-0.4, -0.2) is 21.3 Å². The molecular formula is C21H20N2O2S. The van der Waals surface area contributed by atoms with Crippen LogP contribution in [0.4, 0.5) is 5.69 Å². The molecule has 4 nitrogen and oxygen atoms in total. The molecule has 0 aliphatic rings. The number of sulfonamides is 1. The lowest BCUT2D eigenvalue weighted by Crippen LogP contribution is -2.28. The van der Waals surface area contributed by atoms with Crippen molar-refractivity contribution in [2.75, 3.05) is 11.9 Å². The normalized spacial score (nSPS) is 12.0. The van der Waals surface area contributed by atoms with Gasteiger partial charge in [-0.3, -0.25) is 0 Å². The fraction of sp³-hybridized carbons (Fsp3) is 0.0952. The average molecular weight is 364 g/mol. The number of benzene rings is 3. The van der Waals surface area contributed by atoms with Crippen LogP contribution in [0.3, 0.4) is 0 Å². The minimum atomic E-state index is -3.69. The number of nitrogens with zero attached hydrogens (tertiary/aromatic N) is 2. The van der Waals surface area contributed by atoms with Gasteiger partial charge in [-0.15, -0.1) is 4.40 Å². The first-order valence-electron chi connectivity index (χ1n) is 8.26. The van der Waals surface area contributed by atoms with Gasteiger partial charge in [0.05, 0.1) is 5.75 Å². The maximum absolute atomic E-state index is 12.7. The number of rotatable bonds is 5. The highest BCUT2D eigenvalue weighted by atomic mass is 32.2. The first-order valence-corrected chi connectivity index (χ1v) is 9.87. The molecule has 3 aromatic carbocycles. The molecule has 26 heavy (non-hydrogen) atoms. The van der Waals surface area contributed by atoms with Gasteiger partial charge in [-0.1, -0.05) is 78.9 Å². The fourth-order valence-corrected chi connectivity index (χ4v) is 3.79. The smallest absolute Gasteiger partial charge is 0.259 e. The van der Waals surface area contributed by atoms with E-state index in [2.05, 4.69) is 4.40 Å². The average Bonchev–Trinajstić information content (AvgIpc) is 2.67. The standard InChI is InChI=1S/C21H20N2O2S/c1-23(20-15-9-4-10-16-20)21(19-13-7-3-8-14-19)22-26(24,25)17-18-11-5-2-6-12-18/h2-16H,17H2,1H3/b22-21-. The van der Waals surface area contributed by atoms with Crippen LogP contribution in [0.1, 0.15) is 11.1 Å². The Kier molecular flexibility index (Phi) is 5.49. The van der Waals surface area contributed by atoms with Crippen LogP contribution in [0.15, 0.2) is 95.4 Å². The van der Waals surface area contributed by atoms with Crippen LogP contribution in [0.2, 0.25) is 0 Å². The summed E-state index contributed by atoms with van der Waals surface area (Å²) in [5, 5.41) is 0. The van der Waals surface area contributed by atoms with E-state index in [1.165, 1.54) is 0 Å². The third-order valence-electron chi connectivity index (χ3n) is 3.91. The molecule has 0 aromatic heterocycles. The Balaban J connectivity index is 2.01. The molecule has 0 saturated carbocycles. The van der Waals surface area contributed by atoms with E-state index < -0.39 is 10.0 Å². The van der Waals surface area contributed by atoms with E-state index in [1.54, 1.807) is 17.0 Å². The highest BCUT2D eigenvalue weighted by Gasteiger charge is 2.17. The number of amidine groups is 1. The summed E-state index contributed by atoms with van der Waals surface area (Å²) < 4.78 is 29.6. The maximum Gasteiger partial charge on any atom is 0.259 e. The maximum atomic E-state index is 12.7. The Morgan fingerprint density at radius 1 is 0.808 bits per heavy atom. The SMILES string of the molecule is CN(/C(=N\S(=O)(=O)Cc1ccccc1)c1ccccc1)c1ccccc1. The molecule has 0 spiro atoms. The zero-order chi connectivity index (χ0) is 18.4. The summed E-state index contributed by atoms with van der Waals surface area (Å²) in [6.07, 6.45) is 0. The monoisotopic (exact) mass is 364 g/mol. The second kappa shape index (κ2) is 7.97. The van der Waals surface area contributed by atoms with E-state index in [4.69, 9.17) is 0 Å². The predicted octanol–water partition coefficient (Wildman–Crippen LogP) is 4.10. The second-order valence-corrected chi connectivity index (χ2v) is 7.52. The van der Waals surface area contributed by atoms with Crippen molar-refractivity contribution in [3.63, 3.8) is 0 Å². The van der Waals surface area contributed by atoms with E-state index in [1.807, 2.05) is 85.9 Å². The number of hydrogen-bond donors (Lipinski definition) is 0. The van der Waals surface area contributed by atoms with Crippen LogP contribution in [0.25, 0.3) is 0 Å². The molecule has 3 rings (SSSR count). The highest BCUT2D eigenvalue weighted by Crippen LogP contribution is 2.18. The topological polar surface area (TPSA) is 49.7 Å². The summed E-state index contributed by atoms with van der Waals surface area (Å²) in [6, 6.07) is 28.0. The van der Waals surface area contributed by atoms with Crippen molar-refractivity contribution >= 4 is 21.5 Å². The van der Waals surface area contributed by atoms with Gasteiger partial charge in [0, 0.05) is 18.3 Å². The molecule has 0 heterocycles. The molecule has 0 aliphatic carbocycles. The Hall–Kier alpha value is -2.92. The van der Waals surface area contributed by atoms with E-state index in [0.717, 1.165) is 11.3 Å². The molecule has 0 bridgehead atoms. The largest absolute Gasteiger partial charge is 0.328 e. The molecule has 0 radical (unpaired) electrons. The Labute approximate surface area is 154 Å². The van der Waals surface area contributed by atoms with Crippen LogP contribution in [-0.2, 0) is 15.8 Å². The molecule has 0 amide bonds. The summed E-state index contributed by atoms with van der Waals surface area (Å²) in [5.74, 6) is 0.264. The van der Waals surface area contributed by atoms with Crippen molar-refractivity contribution in [2.24, 2.45) is 4.40 Å². The Morgan fingerprint density at radius 2 is 1.31 bits per heavy atom. The molecule has 5 heteroatoms. The van der Waals surface area contributed by atoms with Crippen molar-refractivity contribution in [2.45, 2.75) is 5.75 Å². The van der Waals surface area contributed by atoms with Gasteiger partial charge < -0.3 is 4.90 Å². The fourth-order valence-electron chi connectivity index (χ4n) is 2.62. The second-order valence-electron chi connectivity index (χ2n) is 5.89. The van der Waals surface area contributed by atoms with Crippen LogP contribution in [0.5, 0.6) is 0 Å². The summed E-state index contributed by atoms with van der Waals surface area (Å²) in [7, 11) is -1.87. The minimum Gasteiger partial charge on any atom is -0.328 e. The number of anilines is 1. The predicted molar refractivity (Wildman–Crippen MR) is 107 cm³/mol. The summed E-state index contributed by atoms with van der Waals surface area (Å²) in [6.45, 7) is 0. The lowest BCUT2D eigenvalue weighted by molar-refractivity contribution is 0.597. The third-order valence-corrected chi connectivity index (χ3v) is 5.06. The molecule has 0 unspecified atom stereocenters. The highest BCUT2D eigenvalue weighted by molar-refractivity contribution is 7.89. The summed E-state index contributed by atoms with van der Waals surface area (Å²) in [4.78, 5) is 1.79. The molecule has 132 valence electrons. The van der Waals surface area contributed by atoms with Crippen LogP contribution >= 0.6 is 0 Å². The van der Waals surface area contributed by atoms with Gasteiger partial charge in [0.1, 0.15) is 0 Å². The van der Waals surface area contributed by atoms with E-state index in [9.17, 15) is 8.42 Å².